The van der Waals surface area contributed by atoms with Gasteiger partial charge in [-0.3, -0.25) is 4.79 Å². The van der Waals surface area contributed by atoms with Crippen molar-refractivity contribution in [3.63, 3.8) is 0 Å². The zero-order valence-corrected chi connectivity index (χ0v) is 52.6. The zero-order valence-electron chi connectivity index (χ0n) is 52.6. The Bertz CT molecular complexity index is 1890. The largest absolute Gasteiger partial charge is 0.394 e. The van der Waals surface area contributed by atoms with E-state index in [-0.39, 0.29) is 18.9 Å². The van der Waals surface area contributed by atoms with Crippen molar-refractivity contribution in [3.05, 3.63) is 122 Å². The smallest absolute Gasteiger partial charge is 0.220 e. The number of carbonyl (C=O) groups excluding carboxylic acids is 1. The Morgan fingerprint density at radius 2 is 0.824 bits per heavy atom. The van der Waals surface area contributed by atoms with Crippen LogP contribution in [-0.2, 0) is 23.7 Å². The average molecular weight is 1190 g/mol. The lowest BCUT2D eigenvalue weighted by Gasteiger charge is -2.46. The molecule has 2 saturated heterocycles. The van der Waals surface area contributed by atoms with E-state index in [1.807, 2.05) is 6.08 Å². The van der Waals surface area contributed by atoms with Crippen molar-refractivity contribution >= 4 is 5.91 Å². The van der Waals surface area contributed by atoms with Crippen LogP contribution in [0.2, 0.25) is 0 Å². The third kappa shape index (κ3) is 39.1. The first-order valence-corrected chi connectivity index (χ1v) is 33.3. The quantitative estimate of drug-likeness (QED) is 0.0204. The summed E-state index contributed by atoms with van der Waals surface area (Å²) in [6.45, 7) is 2.65. The molecule has 486 valence electrons. The average Bonchev–Trinajstić information content (AvgIpc) is 3.29. The van der Waals surface area contributed by atoms with E-state index < -0.39 is 86.8 Å². The molecule has 12 atom stereocenters. The topological polar surface area (TPSA) is 228 Å². The highest BCUT2D eigenvalue weighted by molar-refractivity contribution is 5.76. The molecule has 14 heteroatoms. The second kappa shape index (κ2) is 54.5. The number of amides is 1. The summed E-state index contributed by atoms with van der Waals surface area (Å²) in [5.41, 5.74) is 0. The van der Waals surface area contributed by atoms with E-state index in [0.717, 1.165) is 96.3 Å². The van der Waals surface area contributed by atoms with Crippen molar-refractivity contribution in [3.8, 4) is 0 Å². The number of allylic oxidation sites excluding steroid dienone is 19. The van der Waals surface area contributed by atoms with Gasteiger partial charge in [0, 0.05) is 6.42 Å². The fourth-order valence-corrected chi connectivity index (χ4v) is 10.1. The molecule has 0 aromatic carbocycles. The van der Waals surface area contributed by atoms with Gasteiger partial charge >= 0.3 is 0 Å². The summed E-state index contributed by atoms with van der Waals surface area (Å²) in [6.07, 6.45) is 62.4. The van der Waals surface area contributed by atoms with E-state index in [1.54, 1.807) is 6.08 Å². The fraction of sp³-hybridized carbons (Fsp3) is 0.704. The van der Waals surface area contributed by atoms with Crippen molar-refractivity contribution in [2.75, 3.05) is 19.8 Å². The molecule has 2 rings (SSSR count). The van der Waals surface area contributed by atoms with Crippen molar-refractivity contribution in [2.45, 2.75) is 299 Å². The van der Waals surface area contributed by atoms with E-state index in [4.69, 9.17) is 18.9 Å². The van der Waals surface area contributed by atoms with Crippen LogP contribution in [0.25, 0.3) is 0 Å². The molecule has 2 aliphatic rings. The molecule has 1 amide bonds. The minimum atomic E-state index is -1.80. The zero-order chi connectivity index (χ0) is 61.6. The lowest BCUT2D eigenvalue weighted by molar-refractivity contribution is -0.359. The molecule has 0 spiro atoms. The molecule has 2 aliphatic heterocycles. The predicted molar refractivity (Wildman–Crippen MR) is 345 cm³/mol. The first-order valence-electron chi connectivity index (χ1n) is 33.3. The van der Waals surface area contributed by atoms with Crippen molar-refractivity contribution in [2.24, 2.45) is 0 Å². The van der Waals surface area contributed by atoms with E-state index in [0.29, 0.717) is 12.8 Å². The summed E-state index contributed by atoms with van der Waals surface area (Å²) in [7, 11) is 0. The maximum atomic E-state index is 13.3. The Morgan fingerprint density at radius 3 is 1.29 bits per heavy atom. The third-order valence-corrected chi connectivity index (χ3v) is 15.4. The standard InChI is InChI=1S/C71H119NO13/c1-3-5-7-9-11-13-15-17-19-21-23-24-25-26-27-28-29-30-31-32-33-34-35-36-37-39-41-43-45-47-49-51-53-55-63(76)72-59(60(75)54-52-50-48-46-44-42-40-38-22-20-18-16-14-12-10-8-6-4-2)58-82-70-68(81)66(79)69(62(57-74)84-70)85-71-67(80)65(78)64(77)61(56-73)83-71/h5,7,11,13,17,19,22-24,26-27,29-30,32-33,38,44,46,52,54,59-62,64-71,73-75,77-81H,3-4,6,8-10,12,14-16,18,20-21,25,28,31,34-37,39-43,45,47-51,53,55-58H2,1-2H3,(H,72,76)/b7-5-,13-11-,19-17-,24-23-,27-26-,30-29-,33-32-,38-22+,46-44+,54-52+. The summed E-state index contributed by atoms with van der Waals surface area (Å²) in [5.74, 6) is -0.261. The molecular formula is C71H119NO13. The van der Waals surface area contributed by atoms with Gasteiger partial charge in [0.05, 0.1) is 32.0 Å². The van der Waals surface area contributed by atoms with Gasteiger partial charge in [-0.05, 0) is 103 Å². The van der Waals surface area contributed by atoms with Crippen molar-refractivity contribution < 1.29 is 64.6 Å². The predicted octanol–water partition coefficient (Wildman–Crippen LogP) is 12.9. The number of unbranched alkanes of at least 4 members (excludes halogenated alkanes) is 21. The molecule has 2 fully saturated rings. The summed E-state index contributed by atoms with van der Waals surface area (Å²) in [4.78, 5) is 13.3. The number of aliphatic hydroxyl groups is 8. The van der Waals surface area contributed by atoms with Gasteiger partial charge in [0.1, 0.15) is 48.8 Å². The SMILES string of the molecule is CC/C=C\C/C=C\C/C=C\C/C=C\C/C=C\C/C=C\C/C=C\CCCCCCCCCCCCCC(=O)NC(COC1OC(CO)C(OC2OC(CO)C(O)C(O)C2O)C(O)C1O)C(O)/C=C/CC/C=C/CC/C=C/CCCCCCCCCC. The van der Waals surface area contributed by atoms with Crippen LogP contribution >= 0.6 is 0 Å². The van der Waals surface area contributed by atoms with Crippen molar-refractivity contribution in [1.29, 1.82) is 0 Å². The highest BCUT2D eigenvalue weighted by atomic mass is 16.7. The second-order valence-electron chi connectivity index (χ2n) is 22.8. The number of ether oxygens (including phenoxy) is 4. The summed E-state index contributed by atoms with van der Waals surface area (Å²) >= 11 is 0. The van der Waals surface area contributed by atoms with E-state index in [2.05, 4.69) is 129 Å². The van der Waals surface area contributed by atoms with Crippen LogP contribution in [0.3, 0.4) is 0 Å². The fourth-order valence-electron chi connectivity index (χ4n) is 10.1. The van der Waals surface area contributed by atoms with Gasteiger partial charge in [-0.15, -0.1) is 0 Å². The highest BCUT2D eigenvalue weighted by Gasteiger charge is 2.51. The van der Waals surface area contributed by atoms with Gasteiger partial charge in [0.15, 0.2) is 12.6 Å². The second-order valence-corrected chi connectivity index (χ2v) is 22.8. The maximum absolute atomic E-state index is 13.3. The first-order chi connectivity index (χ1) is 41.6. The summed E-state index contributed by atoms with van der Waals surface area (Å²) in [6, 6.07) is -0.948. The number of nitrogens with one attached hydrogen (secondary N) is 1. The van der Waals surface area contributed by atoms with E-state index in [9.17, 15) is 45.6 Å². The van der Waals surface area contributed by atoms with Gasteiger partial charge in [0.25, 0.3) is 0 Å². The third-order valence-electron chi connectivity index (χ3n) is 15.4. The normalized spacial score (nSPS) is 24.4. The number of carbonyl (C=O) groups is 1. The maximum Gasteiger partial charge on any atom is 0.220 e. The van der Waals surface area contributed by atoms with Gasteiger partial charge in [0.2, 0.25) is 5.91 Å². The van der Waals surface area contributed by atoms with Crippen LogP contribution in [0.15, 0.2) is 122 Å². The lowest BCUT2D eigenvalue weighted by Crippen LogP contribution is -2.65. The molecule has 9 N–H and O–H groups in total. The van der Waals surface area contributed by atoms with E-state index >= 15 is 0 Å². The van der Waals surface area contributed by atoms with Crippen LogP contribution in [0.1, 0.15) is 226 Å². The van der Waals surface area contributed by atoms with Crippen molar-refractivity contribution in [1.82, 2.24) is 5.32 Å². The molecule has 12 unspecified atom stereocenters. The molecule has 85 heavy (non-hydrogen) atoms. The summed E-state index contributed by atoms with van der Waals surface area (Å²) < 4.78 is 22.8. The number of rotatable bonds is 52. The van der Waals surface area contributed by atoms with Crippen LogP contribution in [-0.4, -0.2) is 140 Å². The van der Waals surface area contributed by atoms with Gasteiger partial charge < -0.3 is 65.1 Å². The molecule has 0 bridgehead atoms. The minimum absolute atomic E-state index is 0.259. The molecule has 0 aromatic heterocycles. The Morgan fingerprint density at radius 1 is 0.435 bits per heavy atom. The molecule has 0 saturated carbocycles. The number of aliphatic hydroxyl groups excluding tert-OH is 8. The first kappa shape index (κ1) is 77.5. The Kier molecular flexibility index (Phi) is 49.7. The van der Waals surface area contributed by atoms with E-state index in [1.165, 1.54) is 96.3 Å². The Hall–Kier alpha value is -3.61. The minimum Gasteiger partial charge on any atom is -0.394 e. The summed E-state index contributed by atoms with van der Waals surface area (Å²) in [5, 5.41) is 87.2. The van der Waals surface area contributed by atoms with Gasteiger partial charge in [-0.2, -0.15) is 0 Å². The number of hydrogen-bond donors (Lipinski definition) is 9. The number of hydrogen-bond acceptors (Lipinski definition) is 13. The van der Waals surface area contributed by atoms with Crippen LogP contribution < -0.4 is 5.32 Å². The Labute approximate surface area is 514 Å². The van der Waals surface area contributed by atoms with Crippen LogP contribution in [0.5, 0.6) is 0 Å². The van der Waals surface area contributed by atoms with Gasteiger partial charge in [-0.25, -0.2) is 0 Å². The van der Waals surface area contributed by atoms with Gasteiger partial charge in [-0.1, -0.05) is 238 Å². The molecular weight excluding hydrogens is 1070 g/mol. The molecule has 0 aliphatic carbocycles. The lowest BCUT2D eigenvalue weighted by atomic mass is 9.97. The molecule has 2 heterocycles. The van der Waals surface area contributed by atoms with Crippen LogP contribution in [0, 0.1) is 0 Å². The molecule has 0 radical (unpaired) electrons. The molecule has 0 aromatic rings. The Balaban J connectivity index is 1.70. The van der Waals surface area contributed by atoms with Crippen LogP contribution in [0.4, 0.5) is 0 Å². The molecule has 14 nitrogen and oxygen atoms in total. The highest BCUT2D eigenvalue weighted by Crippen LogP contribution is 2.30. The monoisotopic (exact) mass is 1190 g/mol.